The van der Waals surface area contributed by atoms with Crippen LogP contribution in [-0.4, -0.2) is 12.6 Å². The first-order chi connectivity index (χ1) is 9.70. The van der Waals surface area contributed by atoms with Gasteiger partial charge in [-0.15, -0.1) is 0 Å². The summed E-state index contributed by atoms with van der Waals surface area (Å²) in [4.78, 5) is 0. The Kier molecular flexibility index (Phi) is 6.31. The Bertz CT molecular complexity index is 415. The first-order valence-corrected chi connectivity index (χ1v) is 8.25. The minimum atomic E-state index is -0.304. The summed E-state index contributed by atoms with van der Waals surface area (Å²) in [5, 5.41) is 3.88. The van der Waals surface area contributed by atoms with Crippen molar-refractivity contribution < 1.29 is 4.39 Å². The van der Waals surface area contributed by atoms with E-state index in [0.29, 0.717) is 6.04 Å². The normalized spacial score (nSPS) is 18.1. The molecule has 0 spiro atoms. The van der Waals surface area contributed by atoms with Crippen LogP contribution in [0.15, 0.2) is 18.2 Å². The highest BCUT2D eigenvalue weighted by Crippen LogP contribution is 2.28. The number of halogens is 2. The van der Waals surface area contributed by atoms with Gasteiger partial charge in [0, 0.05) is 6.04 Å². The van der Waals surface area contributed by atoms with E-state index < -0.39 is 0 Å². The van der Waals surface area contributed by atoms with Gasteiger partial charge in [0.25, 0.3) is 0 Å². The summed E-state index contributed by atoms with van der Waals surface area (Å²) < 4.78 is 13.6. The fourth-order valence-corrected chi connectivity index (χ4v) is 3.31. The van der Waals surface area contributed by atoms with Crippen molar-refractivity contribution in [2.24, 2.45) is 5.92 Å². The predicted octanol–water partition coefficient (Wildman–Crippen LogP) is 4.97. The summed E-state index contributed by atoms with van der Waals surface area (Å²) >= 11 is 5.76. The van der Waals surface area contributed by atoms with Gasteiger partial charge in [-0.2, -0.15) is 0 Å². The van der Waals surface area contributed by atoms with Crippen molar-refractivity contribution in [3.8, 4) is 0 Å². The van der Waals surface area contributed by atoms with Gasteiger partial charge in [0.2, 0.25) is 0 Å². The van der Waals surface area contributed by atoms with Crippen molar-refractivity contribution in [2.45, 2.75) is 57.9 Å². The number of nitrogens with one attached hydrogen (secondary N) is 1. The molecule has 0 aromatic heterocycles. The van der Waals surface area contributed by atoms with E-state index in [4.69, 9.17) is 11.6 Å². The third-order valence-electron chi connectivity index (χ3n) is 4.32. The van der Waals surface area contributed by atoms with Crippen LogP contribution in [0.25, 0.3) is 0 Å². The first-order valence-electron chi connectivity index (χ1n) is 7.88. The van der Waals surface area contributed by atoms with E-state index in [-0.39, 0.29) is 10.8 Å². The monoisotopic (exact) mass is 297 g/mol. The van der Waals surface area contributed by atoms with Gasteiger partial charge in [0.1, 0.15) is 5.82 Å². The number of hydrogen-bond acceptors (Lipinski definition) is 1. The number of rotatable bonds is 6. The van der Waals surface area contributed by atoms with Gasteiger partial charge < -0.3 is 5.32 Å². The van der Waals surface area contributed by atoms with Crippen molar-refractivity contribution in [1.82, 2.24) is 5.32 Å². The zero-order valence-electron chi connectivity index (χ0n) is 12.3. The third-order valence-corrected chi connectivity index (χ3v) is 4.62. The maximum Gasteiger partial charge on any atom is 0.142 e. The smallest absolute Gasteiger partial charge is 0.142 e. The molecule has 1 saturated carbocycles. The molecule has 0 heterocycles. The molecule has 1 nitrogen and oxygen atoms in total. The molecular weight excluding hydrogens is 273 g/mol. The fourth-order valence-electron chi connectivity index (χ4n) is 3.19. The van der Waals surface area contributed by atoms with Crippen molar-refractivity contribution in [2.75, 3.05) is 6.54 Å². The van der Waals surface area contributed by atoms with Gasteiger partial charge >= 0.3 is 0 Å². The Hall–Kier alpha value is -0.600. The summed E-state index contributed by atoms with van der Waals surface area (Å²) in [6.07, 6.45) is 8.69. The quantitative estimate of drug-likeness (QED) is 0.781. The van der Waals surface area contributed by atoms with Crippen molar-refractivity contribution >= 4 is 11.6 Å². The van der Waals surface area contributed by atoms with Crippen molar-refractivity contribution in [3.63, 3.8) is 0 Å². The molecule has 112 valence electrons. The molecule has 1 unspecified atom stereocenters. The van der Waals surface area contributed by atoms with Gasteiger partial charge in [-0.1, -0.05) is 43.9 Å². The molecule has 1 aromatic carbocycles. The Morgan fingerprint density at radius 3 is 2.70 bits per heavy atom. The Labute approximate surface area is 126 Å². The van der Waals surface area contributed by atoms with Crippen LogP contribution in [0.2, 0.25) is 5.02 Å². The van der Waals surface area contributed by atoms with Crippen LogP contribution in [0, 0.1) is 11.7 Å². The van der Waals surface area contributed by atoms with E-state index in [9.17, 15) is 4.39 Å². The number of benzene rings is 1. The molecular formula is C17H25ClFN. The van der Waals surface area contributed by atoms with Crippen LogP contribution >= 0.6 is 11.6 Å². The molecule has 0 bridgehead atoms. The van der Waals surface area contributed by atoms with Crippen LogP contribution in [0.5, 0.6) is 0 Å². The Balaban J connectivity index is 2.03. The summed E-state index contributed by atoms with van der Waals surface area (Å²) in [7, 11) is 0. The standard InChI is InChI=1S/C17H25ClFN/c1-2-10-20-17(14-6-4-3-5-7-14)12-13-8-9-15(18)16(19)11-13/h8-9,11,14,17,20H,2-7,10,12H2,1H3. The molecule has 20 heavy (non-hydrogen) atoms. The van der Waals surface area contributed by atoms with E-state index >= 15 is 0 Å². The highest BCUT2D eigenvalue weighted by molar-refractivity contribution is 6.30. The van der Waals surface area contributed by atoms with Crippen LogP contribution in [0.4, 0.5) is 4.39 Å². The Morgan fingerprint density at radius 2 is 2.05 bits per heavy atom. The van der Waals surface area contributed by atoms with Gasteiger partial charge in [-0.25, -0.2) is 4.39 Å². The lowest BCUT2D eigenvalue weighted by atomic mass is 9.81. The van der Waals surface area contributed by atoms with Gasteiger partial charge in [0.05, 0.1) is 5.02 Å². The number of hydrogen-bond donors (Lipinski definition) is 1. The third kappa shape index (κ3) is 4.46. The maximum absolute atomic E-state index is 13.6. The minimum Gasteiger partial charge on any atom is -0.313 e. The van der Waals surface area contributed by atoms with E-state index in [0.717, 1.165) is 30.9 Å². The lowest BCUT2D eigenvalue weighted by Crippen LogP contribution is -2.39. The van der Waals surface area contributed by atoms with Crippen LogP contribution in [-0.2, 0) is 6.42 Å². The molecule has 0 aliphatic heterocycles. The SMILES string of the molecule is CCCNC(Cc1ccc(Cl)c(F)c1)C1CCCCC1. The minimum absolute atomic E-state index is 0.212. The van der Waals surface area contributed by atoms with Crippen LogP contribution in [0.3, 0.4) is 0 Å². The molecule has 1 N–H and O–H groups in total. The summed E-state index contributed by atoms with van der Waals surface area (Å²) in [5.74, 6) is 0.427. The van der Waals surface area contributed by atoms with Crippen LogP contribution < -0.4 is 5.32 Å². The Morgan fingerprint density at radius 1 is 1.30 bits per heavy atom. The fraction of sp³-hybridized carbons (Fsp3) is 0.647. The van der Waals surface area contributed by atoms with Gasteiger partial charge in [-0.3, -0.25) is 0 Å². The van der Waals surface area contributed by atoms with Crippen molar-refractivity contribution in [3.05, 3.63) is 34.6 Å². The zero-order chi connectivity index (χ0) is 14.4. The lowest BCUT2D eigenvalue weighted by Gasteiger charge is -2.31. The highest BCUT2D eigenvalue weighted by Gasteiger charge is 2.23. The largest absolute Gasteiger partial charge is 0.313 e. The molecule has 1 atom stereocenters. The summed E-state index contributed by atoms with van der Waals surface area (Å²) in [6.45, 7) is 3.23. The average molecular weight is 298 g/mol. The second kappa shape index (κ2) is 7.99. The summed E-state index contributed by atoms with van der Waals surface area (Å²) in [6, 6.07) is 5.68. The molecule has 1 aliphatic rings. The van der Waals surface area contributed by atoms with E-state index in [1.165, 1.54) is 32.1 Å². The van der Waals surface area contributed by atoms with Gasteiger partial charge in [-0.05, 0) is 55.8 Å². The first kappa shape index (κ1) is 15.8. The van der Waals surface area contributed by atoms with E-state index in [2.05, 4.69) is 12.2 Å². The lowest BCUT2D eigenvalue weighted by molar-refractivity contribution is 0.267. The van der Waals surface area contributed by atoms with Crippen LogP contribution in [0.1, 0.15) is 51.0 Å². The molecule has 2 rings (SSSR count). The molecule has 0 radical (unpaired) electrons. The molecule has 1 aliphatic carbocycles. The predicted molar refractivity (Wildman–Crippen MR) is 83.8 cm³/mol. The summed E-state index contributed by atoms with van der Waals surface area (Å²) in [5.41, 5.74) is 1.05. The molecule has 0 saturated heterocycles. The highest BCUT2D eigenvalue weighted by atomic mass is 35.5. The molecule has 0 amide bonds. The molecule has 1 fully saturated rings. The van der Waals surface area contributed by atoms with Crippen molar-refractivity contribution in [1.29, 1.82) is 0 Å². The second-order valence-electron chi connectivity index (χ2n) is 5.91. The molecule has 1 aromatic rings. The topological polar surface area (TPSA) is 12.0 Å². The zero-order valence-corrected chi connectivity index (χ0v) is 13.1. The second-order valence-corrected chi connectivity index (χ2v) is 6.32. The molecule has 3 heteroatoms. The van der Waals surface area contributed by atoms with E-state index in [1.807, 2.05) is 6.07 Å². The maximum atomic E-state index is 13.6. The van der Waals surface area contributed by atoms with Gasteiger partial charge in [0.15, 0.2) is 0 Å². The average Bonchev–Trinajstić information content (AvgIpc) is 2.48. The van der Waals surface area contributed by atoms with E-state index in [1.54, 1.807) is 12.1 Å².